The minimum absolute atomic E-state index is 0.0395. The minimum atomic E-state index is -0.262. The lowest BCUT2D eigenvalue weighted by Gasteiger charge is -2.21. The van der Waals surface area contributed by atoms with E-state index in [1.807, 2.05) is 49.5 Å². The number of carbonyl (C=O) groups excluding carboxylic acids is 1. The third-order valence-corrected chi connectivity index (χ3v) is 6.14. The van der Waals surface area contributed by atoms with Crippen molar-refractivity contribution >= 4 is 16.8 Å². The third-order valence-electron chi connectivity index (χ3n) is 6.14. The number of nitrogens with one attached hydrogen (secondary N) is 1. The second-order valence-corrected chi connectivity index (χ2v) is 8.54. The first-order valence-corrected chi connectivity index (χ1v) is 11.6. The molecule has 0 saturated carbocycles. The van der Waals surface area contributed by atoms with Gasteiger partial charge in [0.1, 0.15) is 11.6 Å². The fourth-order valence-electron chi connectivity index (χ4n) is 4.42. The minimum Gasteiger partial charge on any atom is -0.484 e. The Labute approximate surface area is 198 Å². The summed E-state index contributed by atoms with van der Waals surface area (Å²) in [5, 5.41) is 13.0. The molecule has 1 aliphatic rings. The van der Waals surface area contributed by atoms with Gasteiger partial charge in [-0.25, -0.2) is 0 Å². The van der Waals surface area contributed by atoms with E-state index in [2.05, 4.69) is 54.2 Å². The first-order chi connectivity index (χ1) is 16.7. The van der Waals surface area contributed by atoms with E-state index < -0.39 is 0 Å². The number of benzene rings is 2. The predicted octanol–water partition coefficient (Wildman–Crippen LogP) is 3.14. The first-order valence-electron chi connectivity index (χ1n) is 11.6. The van der Waals surface area contributed by atoms with E-state index in [-0.39, 0.29) is 18.6 Å². The van der Waals surface area contributed by atoms with Crippen LogP contribution >= 0.6 is 0 Å². The molecule has 2 aromatic carbocycles. The standard InChI is InChI=1S/C26H28N6O2/c1-19(28-24(33)18-34-22-10-3-2-4-11-22)26-30-29-23-12-14-31(15-16-32(23)26)17-21-8-5-7-20-9-6-13-27-25(20)21/h2-11,13,19H,12,14-18H2,1H3,(H,28,33)/t19-/m1/s1. The highest BCUT2D eigenvalue weighted by Gasteiger charge is 2.23. The van der Waals surface area contributed by atoms with E-state index in [4.69, 9.17) is 4.74 Å². The molecule has 0 fully saturated rings. The summed E-state index contributed by atoms with van der Waals surface area (Å²) < 4.78 is 7.70. The Morgan fingerprint density at radius 2 is 1.88 bits per heavy atom. The lowest BCUT2D eigenvalue weighted by Crippen LogP contribution is -2.33. The zero-order valence-corrected chi connectivity index (χ0v) is 19.2. The zero-order chi connectivity index (χ0) is 23.3. The van der Waals surface area contributed by atoms with Gasteiger partial charge in [0.05, 0.1) is 11.6 Å². The number of hydrogen-bond acceptors (Lipinski definition) is 6. The van der Waals surface area contributed by atoms with Crippen LogP contribution in [0.1, 0.15) is 30.2 Å². The molecule has 174 valence electrons. The number of pyridine rings is 1. The van der Waals surface area contributed by atoms with Crippen molar-refractivity contribution in [3.63, 3.8) is 0 Å². The van der Waals surface area contributed by atoms with Crippen molar-refractivity contribution in [3.8, 4) is 5.75 Å². The van der Waals surface area contributed by atoms with Crippen LogP contribution in [-0.4, -0.2) is 50.3 Å². The van der Waals surface area contributed by atoms with Crippen LogP contribution in [0, 0.1) is 0 Å². The largest absolute Gasteiger partial charge is 0.484 e. The number of hydrogen-bond donors (Lipinski definition) is 1. The summed E-state index contributed by atoms with van der Waals surface area (Å²) in [7, 11) is 0. The Morgan fingerprint density at radius 3 is 2.76 bits per heavy atom. The Hall–Kier alpha value is -3.78. The second kappa shape index (κ2) is 10.0. The zero-order valence-electron chi connectivity index (χ0n) is 19.2. The number of para-hydroxylation sites is 2. The maximum atomic E-state index is 12.4. The van der Waals surface area contributed by atoms with Crippen molar-refractivity contribution in [1.82, 2.24) is 30.0 Å². The van der Waals surface area contributed by atoms with Gasteiger partial charge in [0.15, 0.2) is 12.4 Å². The van der Waals surface area contributed by atoms with Crippen LogP contribution in [0.4, 0.5) is 0 Å². The van der Waals surface area contributed by atoms with E-state index in [0.29, 0.717) is 5.75 Å². The van der Waals surface area contributed by atoms with Crippen LogP contribution in [0.3, 0.4) is 0 Å². The highest BCUT2D eigenvalue weighted by Crippen LogP contribution is 2.20. The molecule has 1 amide bonds. The van der Waals surface area contributed by atoms with Crippen LogP contribution < -0.4 is 10.1 Å². The quantitative estimate of drug-likeness (QED) is 0.460. The average molecular weight is 457 g/mol. The number of aromatic nitrogens is 4. The Kier molecular flexibility index (Phi) is 6.49. The number of ether oxygens (including phenoxy) is 1. The number of fused-ring (bicyclic) bond motifs is 2. The maximum Gasteiger partial charge on any atom is 0.258 e. The molecular formula is C26H28N6O2. The molecule has 1 N–H and O–H groups in total. The molecule has 1 atom stereocenters. The Morgan fingerprint density at radius 1 is 1.03 bits per heavy atom. The summed E-state index contributed by atoms with van der Waals surface area (Å²) in [6.45, 7) is 5.28. The van der Waals surface area contributed by atoms with Gasteiger partial charge in [0.2, 0.25) is 0 Å². The molecule has 4 aromatic rings. The Bertz CT molecular complexity index is 1270. The van der Waals surface area contributed by atoms with Crippen molar-refractivity contribution in [3.05, 3.63) is 84.1 Å². The SMILES string of the molecule is C[C@@H](NC(=O)COc1ccccc1)c1nnc2n1CCN(Cc1cccc3cccnc13)CC2. The molecule has 3 heterocycles. The van der Waals surface area contributed by atoms with Gasteiger partial charge in [-0.05, 0) is 30.7 Å². The number of nitrogens with zero attached hydrogens (tertiary/aromatic N) is 5. The van der Waals surface area contributed by atoms with Crippen LogP contribution in [0.25, 0.3) is 10.9 Å². The first kappa shape index (κ1) is 22.0. The molecule has 8 heteroatoms. The summed E-state index contributed by atoms with van der Waals surface area (Å²) in [6.07, 6.45) is 2.66. The smallest absolute Gasteiger partial charge is 0.258 e. The molecule has 0 bridgehead atoms. The predicted molar refractivity (Wildman–Crippen MR) is 129 cm³/mol. The summed E-state index contributed by atoms with van der Waals surface area (Å²) >= 11 is 0. The van der Waals surface area contributed by atoms with E-state index in [9.17, 15) is 4.79 Å². The molecule has 0 radical (unpaired) electrons. The second-order valence-electron chi connectivity index (χ2n) is 8.54. The number of amides is 1. The van der Waals surface area contributed by atoms with Crippen LogP contribution in [0.2, 0.25) is 0 Å². The molecule has 0 spiro atoms. The molecule has 1 aliphatic heterocycles. The maximum absolute atomic E-state index is 12.4. The molecule has 5 rings (SSSR count). The van der Waals surface area contributed by atoms with Gasteiger partial charge in [-0.1, -0.05) is 42.5 Å². The van der Waals surface area contributed by atoms with E-state index >= 15 is 0 Å². The van der Waals surface area contributed by atoms with Gasteiger partial charge in [-0.2, -0.15) is 0 Å². The van der Waals surface area contributed by atoms with Crippen molar-refractivity contribution in [1.29, 1.82) is 0 Å². The fourth-order valence-corrected chi connectivity index (χ4v) is 4.42. The summed E-state index contributed by atoms with van der Waals surface area (Å²) in [5.41, 5.74) is 2.29. The van der Waals surface area contributed by atoms with E-state index in [0.717, 1.165) is 55.2 Å². The van der Waals surface area contributed by atoms with Gasteiger partial charge in [0.25, 0.3) is 5.91 Å². The third kappa shape index (κ3) is 4.92. The van der Waals surface area contributed by atoms with Crippen LogP contribution in [0.5, 0.6) is 5.75 Å². The molecule has 0 unspecified atom stereocenters. The van der Waals surface area contributed by atoms with Crippen LogP contribution in [-0.2, 0) is 24.3 Å². The molecule has 0 aliphatic carbocycles. The summed E-state index contributed by atoms with van der Waals surface area (Å²) in [5.74, 6) is 2.21. The van der Waals surface area contributed by atoms with Gasteiger partial charge in [0, 0.05) is 44.2 Å². The normalized spacial score (nSPS) is 14.9. The van der Waals surface area contributed by atoms with E-state index in [1.54, 1.807) is 0 Å². The number of rotatable bonds is 7. The molecule has 34 heavy (non-hydrogen) atoms. The Balaban J connectivity index is 1.21. The molecular weight excluding hydrogens is 428 g/mol. The fraction of sp³-hybridized carbons (Fsp3) is 0.308. The van der Waals surface area contributed by atoms with Crippen molar-refractivity contribution in [2.24, 2.45) is 0 Å². The van der Waals surface area contributed by atoms with Gasteiger partial charge < -0.3 is 14.6 Å². The molecule has 2 aromatic heterocycles. The van der Waals surface area contributed by atoms with E-state index in [1.165, 1.54) is 5.56 Å². The lowest BCUT2D eigenvalue weighted by atomic mass is 10.1. The van der Waals surface area contributed by atoms with Gasteiger partial charge in [-0.3, -0.25) is 14.7 Å². The van der Waals surface area contributed by atoms with Gasteiger partial charge in [-0.15, -0.1) is 10.2 Å². The van der Waals surface area contributed by atoms with Crippen molar-refractivity contribution < 1.29 is 9.53 Å². The van der Waals surface area contributed by atoms with Crippen molar-refractivity contribution in [2.75, 3.05) is 19.7 Å². The summed E-state index contributed by atoms with van der Waals surface area (Å²) in [4.78, 5) is 19.4. The highest BCUT2D eigenvalue weighted by atomic mass is 16.5. The monoisotopic (exact) mass is 456 g/mol. The van der Waals surface area contributed by atoms with Crippen molar-refractivity contribution in [2.45, 2.75) is 32.5 Å². The molecule has 0 saturated heterocycles. The average Bonchev–Trinajstić information content (AvgIpc) is 3.18. The molecule has 8 nitrogen and oxygen atoms in total. The lowest BCUT2D eigenvalue weighted by molar-refractivity contribution is -0.123. The van der Waals surface area contributed by atoms with Gasteiger partial charge >= 0.3 is 0 Å². The van der Waals surface area contributed by atoms with Crippen LogP contribution in [0.15, 0.2) is 66.9 Å². The topological polar surface area (TPSA) is 85.2 Å². The highest BCUT2D eigenvalue weighted by molar-refractivity contribution is 5.81. The summed E-state index contributed by atoms with van der Waals surface area (Å²) in [6, 6.07) is 19.5. The number of carbonyl (C=O) groups is 1.